The van der Waals surface area contributed by atoms with Gasteiger partial charge in [0.15, 0.2) is 5.82 Å². The normalized spacial score (nSPS) is 11.0. The number of benzene rings is 1. The number of nitrogens with zero attached hydrogens (tertiary/aromatic N) is 4. The second-order valence-corrected chi connectivity index (χ2v) is 5.65. The highest BCUT2D eigenvalue weighted by atomic mass is 35.5. The summed E-state index contributed by atoms with van der Waals surface area (Å²) in [6.45, 7) is 5.04. The van der Waals surface area contributed by atoms with Gasteiger partial charge in [0.2, 0.25) is 0 Å². The highest BCUT2D eigenvalue weighted by Crippen LogP contribution is 2.20. The summed E-state index contributed by atoms with van der Waals surface area (Å²) in [5, 5.41) is 8.67. The Kier molecular flexibility index (Phi) is 4.24. The van der Waals surface area contributed by atoms with Gasteiger partial charge in [-0.2, -0.15) is 9.50 Å². The lowest BCUT2D eigenvalue weighted by molar-refractivity contribution is 0.819. The number of anilines is 1. The van der Waals surface area contributed by atoms with E-state index in [0.717, 1.165) is 36.5 Å². The van der Waals surface area contributed by atoms with Crippen LogP contribution in [0.5, 0.6) is 0 Å². The molecule has 114 valence electrons. The van der Waals surface area contributed by atoms with Crippen molar-refractivity contribution >= 4 is 23.2 Å². The Balaban J connectivity index is 2.01. The minimum absolute atomic E-state index is 0.601. The third-order valence-electron chi connectivity index (χ3n) is 3.38. The number of aryl methyl sites for hydroxylation is 1. The minimum atomic E-state index is 0.601. The van der Waals surface area contributed by atoms with Crippen molar-refractivity contribution < 1.29 is 0 Å². The maximum absolute atomic E-state index is 5.93. The van der Waals surface area contributed by atoms with Gasteiger partial charge >= 0.3 is 0 Å². The molecule has 0 amide bonds. The summed E-state index contributed by atoms with van der Waals surface area (Å²) < 4.78 is 1.76. The van der Waals surface area contributed by atoms with Crippen molar-refractivity contribution in [1.29, 1.82) is 0 Å². The molecule has 1 aromatic carbocycles. The van der Waals surface area contributed by atoms with Crippen LogP contribution in [0.15, 0.2) is 30.3 Å². The van der Waals surface area contributed by atoms with Crippen LogP contribution in [-0.4, -0.2) is 26.1 Å². The van der Waals surface area contributed by atoms with Gasteiger partial charge in [-0.3, -0.25) is 0 Å². The fourth-order valence-corrected chi connectivity index (χ4v) is 2.35. The monoisotopic (exact) mass is 315 g/mol. The Morgan fingerprint density at radius 3 is 2.68 bits per heavy atom. The zero-order chi connectivity index (χ0) is 15.5. The molecule has 1 N–H and O–H groups in total. The number of rotatable bonds is 5. The molecule has 6 heteroatoms. The van der Waals surface area contributed by atoms with Gasteiger partial charge in [0.05, 0.1) is 0 Å². The zero-order valence-electron chi connectivity index (χ0n) is 12.7. The molecule has 22 heavy (non-hydrogen) atoms. The maximum atomic E-state index is 5.93. The zero-order valence-corrected chi connectivity index (χ0v) is 13.4. The van der Waals surface area contributed by atoms with Crippen molar-refractivity contribution in [3.8, 4) is 11.4 Å². The lowest BCUT2D eigenvalue weighted by atomic mass is 10.2. The van der Waals surface area contributed by atoms with Crippen molar-refractivity contribution in [3.05, 3.63) is 41.0 Å². The van der Waals surface area contributed by atoms with Crippen LogP contribution in [0.1, 0.15) is 25.5 Å². The molecular weight excluding hydrogens is 298 g/mol. The SMILES string of the molecule is CCCCNc1cc(C)nc2nc(-c3ccc(Cl)cc3)nn12. The summed E-state index contributed by atoms with van der Waals surface area (Å²) in [4.78, 5) is 8.97. The molecule has 0 aliphatic heterocycles. The molecule has 0 spiro atoms. The van der Waals surface area contributed by atoms with E-state index < -0.39 is 0 Å². The van der Waals surface area contributed by atoms with Gasteiger partial charge in [-0.15, -0.1) is 5.10 Å². The number of unbranched alkanes of at least 4 members (excludes halogenated alkanes) is 1. The fourth-order valence-electron chi connectivity index (χ4n) is 2.23. The van der Waals surface area contributed by atoms with E-state index in [-0.39, 0.29) is 0 Å². The van der Waals surface area contributed by atoms with Gasteiger partial charge in [0, 0.05) is 28.9 Å². The molecule has 3 rings (SSSR count). The molecular formula is C16H18ClN5. The van der Waals surface area contributed by atoms with E-state index in [9.17, 15) is 0 Å². The molecule has 0 saturated carbocycles. The van der Waals surface area contributed by atoms with Crippen LogP contribution >= 0.6 is 11.6 Å². The largest absolute Gasteiger partial charge is 0.370 e. The number of halogens is 1. The first-order valence-electron chi connectivity index (χ1n) is 7.41. The summed E-state index contributed by atoms with van der Waals surface area (Å²) in [5.74, 6) is 2.17. The quantitative estimate of drug-likeness (QED) is 0.724. The van der Waals surface area contributed by atoms with Crippen molar-refractivity contribution in [2.24, 2.45) is 0 Å². The number of hydrogen-bond donors (Lipinski definition) is 1. The van der Waals surface area contributed by atoms with Gasteiger partial charge in [0.25, 0.3) is 5.78 Å². The number of fused-ring (bicyclic) bond motifs is 1. The summed E-state index contributed by atoms with van der Waals surface area (Å²) in [7, 11) is 0. The second kappa shape index (κ2) is 6.32. The molecule has 2 heterocycles. The Hall–Kier alpha value is -2.14. The molecule has 0 unspecified atom stereocenters. The number of hydrogen-bond acceptors (Lipinski definition) is 4. The van der Waals surface area contributed by atoms with Crippen molar-refractivity contribution in [1.82, 2.24) is 19.6 Å². The highest BCUT2D eigenvalue weighted by molar-refractivity contribution is 6.30. The summed E-state index contributed by atoms with van der Waals surface area (Å²) in [6, 6.07) is 9.48. The van der Waals surface area contributed by atoms with Crippen molar-refractivity contribution in [3.63, 3.8) is 0 Å². The van der Waals surface area contributed by atoms with Gasteiger partial charge in [0.1, 0.15) is 5.82 Å². The summed E-state index contributed by atoms with van der Waals surface area (Å²) >= 11 is 5.93. The molecule has 0 fully saturated rings. The number of aromatic nitrogens is 4. The Morgan fingerprint density at radius 1 is 1.18 bits per heavy atom. The molecule has 5 nitrogen and oxygen atoms in total. The van der Waals surface area contributed by atoms with Gasteiger partial charge in [-0.25, -0.2) is 4.98 Å². The van der Waals surface area contributed by atoms with E-state index in [1.165, 1.54) is 0 Å². The molecule has 3 aromatic rings. The van der Waals surface area contributed by atoms with Crippen LogP contribution in [0.25, 0.3) is 17.2 Å². The van der Waals surface area contributed by atoms with Crippen LogP contribution in [0.2, 0.25) is 5.02 Å². The van der Waals surface area contributed by atoms with E-state index in [1.54, 1.807) is 4.52 Å². The van der Waals surface area contributed by atoms with Crippen LogP contribution < -0.4 is 5.32 Å². The first kappa shape index (κ1) is 14.8. The van der Waals surface area contributed by atoms with Gasteiger partial charge in [-0.1, -0.05) is 24.9 Å². The predicted molar refractivity (Wildman–Crippen MR) is 89.4 cm³/mol. The third kappa shape index (κ3) is 3.04. The van der Waals surface area contributed by atoms with Crippen LogP contribution in [-0.2, 0) is 0 Å². The van der Waals surface area contributed by atoms with Crippen LogP contribution in [0.3, 0.4) is 0 Å². The fraction of sp³-hybridized carbons (Fsp3) is 0.312. The predicted octanol–water partition coefficient (Wildman–Crippen LogP) is 3.97. The third-order valence-corrected chi connectivity index (χ3v) is 3.63. The van der Waals surface area contributed by atoms with E-state index >= 15 is 0 Å². The topological polar surface area (TPSA) is 55.1 Å². The Bertz CT molecular complexity index is 779. The van der Waals surface area contributed by atoms with Crippen LogP contribution in [0, 0.1) is 6.92 Å². The lowest BCUT2D eigenvalue weighted by Crippen LogP contribution is -2.08. The summed E-state index contributed by atoms with van der Waals surface area (Å²) in [5.41, 5.74) is 1.84. The van der Waals surface area contributed by atoms with Crippen LogP contribution in [0.4, 0.5) is 5.82 Å². The van der Waals surface area contributed by atoms with Crippen molar-refractivity contribution in [2.45, 2.75) is 26.7 Å². The molecule has 0 saturated heterocycles. The highest BCUT2D eigenvalue weighted by Gasteiger charge is 2.11. The minimum Gasteiger partial charge on any atom is -0.370 e. The summed E-state index contributed by atoms with van der Waals surface area (Å²) in [6.07, 6.45) is 2.26. The maximum Gasteiger partial charge on any atom is 0.254 e. The lowest BCUT2D eigenvalue weighted by Gasteiger charge is -2.07. The molecule has 0 aliphatic carbocycles. The van der Waals surface area contributed by atoms with Gasteiger partial charge in [-0.05, 0) is 37.6 Å². The standard InChI is InChI=1S/C16H18ClN5/c1-3-4-9-18-14-10-11(2)19-16-20-15(21-22(14)16)12-5-7-13(17)8-6-12/h5-8,10,18H,3-4,9H2,1-2H3. The van der Waals surface area contributed by atoms with Crippen molar-refractivity contribution in [2.75, 3.05) is 11.9 Å². The molecule has 0 bridgehead atoms. The molecule has 2 aromatic heterocycles. The van der Waals surface area contributed by atoms with Gasteiger partial charge < -0.3 is 5.32 Å². The molecule has 0 aliphatic rings. The average Bonchev–Trinajstić information content (AvgIpc) is 2.92. The van der Waals surface area contributed by atoms with E-state index in [0.29, 0.717) is 16.6 Å². The second-order valence-electron chi connectivity index (χ2n) is 5.22. The van der Waals surface area contributed by atoms with E-state index in [1.807, 2.05) is 37.3 Å². The number of nitrogens with one attached hydrogen (secondary N) is 1. The average molecular weight is 316 g/mol. The Labute approximate surface area is 134 Å². The van der Waals surface area contributed by atoms with E-state index in [2.05, 4.69) is 27.3 Å². The first-order valence-corrected chi connectivity index (χ1v) is 7.79. The Morgan fingerprint density at radius 2 is 1.95 bits per heavy atom. The molecule has 0 radical (unpaired) electrons. The molecule has 0 atom stereocenters. The smallest absolute Gasteiger partial charge is 0.254 e. The van der Waals surface area contributed by atoms with E-state index in [4.69, 9.17) is 11.6 Å². The first-order chi connectivity index (χ1) is 10.7.